The van der Waals surface area contributed by atoms with Crippen LogP contribution in [0.4, 0.5) is 14.5 Å². The van der Waals surface area contributed by atoms with Crippen LogP contribution in [0, 0.1) is 0 Å². The third-order valence-electron chi connectivity index (χ3n) is 2.59. The van der Waals surface area contributed by atoms with Crippen molar-refractivity contribution in [3.05, 3.63) is 24.0 Å². The number of halogens is 2. The maximum atomic E-state index is 12.4. The molecular formula is C12H18F2N2O2. The molecule has 1 aromatic heterocycles. The molecule has 0 saturated carbocycles. The van der Waals surface area contributed by atoms with Gasteiger partial charge in [-0.3, -0.25) is 4.98 Å². The Morgan fingerprint density at radius 2 is 2.11 bits per heavy atom. The van der Waals surface area contributed by atoms with E-state index >= 15 is 0 Å². The average molecular weight is 260 g/mol. The molecule has 0 bridgehead atoms. The molecule has 0 aliphatic carbocycles. The Balaban J connectivity index is 2.79. The van der Waals surface area contributed by atoms with Gasteiger partial charge in [0.05, 0.1) is 36.8 Å². The number of hydrogen-bond donors (Lipinski definition) is 2. The summed E-state index contributed by atoms with van der Waals surface area (Å²) in [7, 11) is 0. The molecule has 0 aliphatic heterocycles. The van der Waals surface area contributed by atoms with Crippen LogP contribution in [0.1, 0.15) is 25.1 Å². The molecule has 1 heterocycles. The molecule has 18 heavy (non-hydrogen) atoms. The van der Waals surface area contributed by atoms with Gasteiger partial charge in [-0.1, -0.05) is 6.92 Å². The molecule has 0 radical (unpaired) electrons. The molecule has 102 valence electrons. The third kappa shape index (κ3) is 4.19. The molecule has 1 atom stereocenters. The topological polar surface area (TPSA) is 56.6 Å². The number of anilines is 1. The van der Waals surface area contributed by atoms with Crippen molar-refractivity contribution in [3.8, 4) is 0 Å². The Morgan fingerprint density at radius 3 is 2.56 bits per heavy atom. The minimum absolute atomic E-state index is 0.127. The number of nitrogens with zero attached hydrogens (tertiary/aromatic N) is 2. The fourth-order valence-corrected chi connectivity index (χ4v) is 1.60. The summed E-state index contributed by atoms with van der Waals surface area (Å²) in [5.41, 5.74) is 1.03. The molecule has 0 saturated heterocycles. The summed E-state index contributed by atoms with van der Waals surface area (Å²) >= 11 is 0. The second kappa shape index (κ2) is 7.23. The van der Waals surface area contributed by atoms with Crippen molar-refractivity contribution in [1.29, 1.82) is 0 Å². The number of pyridine rings is 1. The van der Waals surface area contributed by atoms with Crippen LogP contribution in [-0.2, 0) is 0 Å². The van der Waals surface area contributed by atoms with E-state index in [9.17, 15) is 13.9 Å². The molecule has 2 N–H and O–H groups in total. The lowest BCUT2D eigenvalue weighted by atomic mass is 10.2. The van der Waals surface area contributed by atoms with Crippen LogP contribution >= 0.6 is 0 Å². The predicted molar refractivity (Wildman–Crippen MR) is 64.8 cm³/mol. The SMILES string of the molecule is CC[C@H](O)c1ccc(N(CCO)CC(F)F)cn1. The zero-order valence-electron chi connectivity index (χ0n) is 10.3. The van der Waals surface area contributed by atoms with Gasteiger partial charge in [0.15, 0.2) is 0 Å². The normalized spacial score (nSPS) is 12.8. The standard InChI is InChI=1S/C12H18F2N2O2/c1-2-11(18)10-4-3-9(7-15-10)16(5-6-17)8-12(13)14/h3-4,7,11-12,17-18H,2,5-6,8H2,1H3/t11-/m0/s1. The first-order valence-corrected chi connectivity index (χ1v) is 5.86. The van der Waals surface area contributed by atoms with Gasteiger partial charge in [0, 0.05) is 6.54 Å². The van der Waals surface area contributed by atoms with E-state index in [0.717, 1.165) is 0 Å². The Labute approximate surface area is 105 Å². The average Bonchev–Trinajstić information content (AvgIpc) is 2.37. The monoisotopic (exact) mass is 260 g/mol. The maximum Gasteiger partial charge on any atom is 0.255 e. The van der Waals surface area contributed by atoms with E-state index < -0.39 is 19.1 Å². The van der Waals surface area contributed by atoms with Gasteiger partial charge < -0.3 is 15.1 Å². The van der Waals surface area contributed by atoms with E-state index in [4.69, 9.17) is 5.11 Å². The van der Waals surface area contributed by atoms with Crippen molar-refractivity contribution in [3.63, 3.8) is 0 Å². The lowest BCUT2D eigenvalue weighted by Crippen LogP contribution is -2.31. The molecule has 0 fully saturated rings. The highest BCUT2D eigenvalue weighted by molar-refractivity contribution is 5.44. The molecule has 0 amide bonds. The summed E-state index contributed by atoms with van der Waals surface area (Å²) in [5.74, 6) is 0. The quantitative estimate of drug-likeness (QED) is 0.781. The number of hydrogen-bond acceptors (Lipinski definition) is 4. The van der Waals surface area contributed by atoms with Gasteiger partial charge in [0.25, 0.3) is 6.43 Å². The van der Waals surface area contributed by atoms with Crippen molar-refractivity contribution in [2.24, 2.45) is 0 Å². The summed E-state index contributed by atoms with van der Waals surface area (Å²) < 4.78 is 24.7. The van der Waals surface area contributed by atoms with E-state index in [1.165, 1.54) is 11.1 Å². The van der Waals surface area contributed by atoms with Crippen LogP contribution in [0.3, 0.4) is 0 Å². The van der Waals surface area contributed by atoms with Gasteiger partial charge in [-0.2, -0.15) is 0 Å². The Hall–Kier alpha value is -1.27. The van der Waals surface area contributed by atoms with Crippen molar-refractivity contribution >= 4 is 5.69 Å². The van der Waals surface area contributed by atoms with Crippen molar-refractivity contribution in [2.45, 2.75) is 25.9 Å². The van der Waals surface area contributed by atoms with Crippen LogP contribution in [0.25, 0.3) is 0 Å². The van der Waals surface area contributed by atoms with Crippen LogP contribution in [-0.4, -0.2) is 41.3 Å². The summed E-state index contributed by atoms with van der Waals surface area (Å²) in [5, 5.41) is 18.4. The summed E-state index contributed by atoms with van der Waals surface area (Å²) in [6, 6.07) is 3.23. The minimum atomic E-state index is -2.47. The highest BCUT2D eigenvalue weighted by Gasteiger charge is 2.13. The van der Waals surface area contributed by atoms with Crippen LogP contribution in [0.15, 0.2) is 18.3 Å². The van der Waals surface area contributed by atoms with Crippen LogP contribution < -0.4 is 4.90 Å². The predicted octanol–water partition coefficient (Wildman–Crippen LogP) is 1.59. The van der Waals surface area contributed by atoms with Gasteiger partial charge in [-0.25, -0.2) is 8.78 Å². The molecule has 6 heteroatoms. The van der Waals surface area contributed by atoms with Crippen LogP contribution in [0.5, 0.6) is 0 Å². The molecule has 1 rings (SSSR count). The second-order valence-electron chi connectivity index (χ2n) is 3.93. The lowest BCUT2D eigenvalue weighted by molar-refractivity contribution is 0.152. The van der Waals surface area contributed by atoms with Gasteiger partial charge in [0.2, 0.25) is 0 Å². The largest absolute Gasteiger partial charge is 0.395 e. The highest BCUT2D eigenvalue weighted by Crippen LogP contribution is 2.18. The first kappa shape index (κ1) is 14.8. The number of aromatic nitrogens is 1. The number of rotatable bonds is 7. The van der Waals surface area contributed by atoms with Gasteiger partial charge >= 0.3 is 0 Å². The Bertz CT molecular complexity index is 346. The van der Waals surface area contributed by atoms with E-state index in [1.807, 2.05) is 6.92 Å². The first-order chi connectivity index (χ1) is 8.58. The molecule has 4 nitrogen and oxygen atoms in total. The van der Waals surface area contributed by atoms with E-state index in [-0.39, 0.29) is 13.2 Å². The first-order valence-electron chi connectivity index (χ1n) is 5.86. The molecule has 0 aliphatic rings. The summed E-state index contributed by atoms with van der Waals surface area (Å²) in [6.45, 7) is 1.31. The fraction of sp³-hybridized carbons (Fsp3) is 0.583. The molecule has 0 unspecified atom stereocenters. The molecule has 0 aromatic carbocycles. The fourth-order valence-electron chi connectivity index (χ4n) is 1.60. The smallest absolute Gasteiger partial charge is 0.255 e. The summed E-state index contributed by atoms with van der Waals surface area (Å²) in [6.07, 6.45) is -1.13. The second-order valence-corrected chi connectivity index (χ2v) is 3.93. The summed E-state index contributed by atoms with van der Waals surface area (Å²) in [4.78, 5) is 5.40. The van der Waals surface area contributed by atoms with Gasteiger partial charge in [0.1, 0.15) is 0 Å². The van der Waals surface area contributed by atoms with Gasteiger partial charge in [-0.05, 0) is 18.6 Å². The molecule has 0 spiro atoms. The maximum absolute atomic E-state index is 12.4. The third-order valence-corrected chi connectivity index (χ3v) is 2.59. The number of aliphatic hydroxyl groups excluding tert-OH is 2. The Morgan fingerprint density at radius 1 is 1.39 bits per heavy atom. The zero-order chi connectivity index (χ0) is 13.5. The number of aliphatic hydroxyl groups is 2. The zero-order valence-corrected chi connectivity index (χ0v) is 10.3. The van der Waals surface area contributed by atoms with E-state index in [0.29, 0.717) is 17.8 Å². The minimum Gasteiger partial charge on any atom is -0.395 e. The molecular weight excluding hydrogens is 242 g/mol. The lowest BCUT2D eigenvalue weighted by Gasteiger charge is -2.23. The number of alkyl halides is 2. The van der Waals surface area contributed by atoms with E-state index in [1.54, 1.807) is 12.1 Å². The highest BCUT2D eigenvalue weighted by atomic mass is 19.3. The van der Waals surface area contributed by atoms with Crippen molar-refractivity contribution in [2.75, 3.05) is 24.6 Å². The van der Waals surface area contributed by atoms with Crippen molar-refractivity contribution < 1.29 is 19.0 Å². The van der Waals surface area contributed by atoms with Crippen LogP contribution in [0.2, 0.25) is 0 Å². The van der Waals surface area contributed by atoms with Gasteiger partial charge in [-0.15, -0.1) is 0 Å². The van der Waals surface area contributed by atoms with Crippen molar-refractivity contribution in [1.82, 2.24) is 4.98 Å². The molecule has 1 aromatic rings. The Kier molecular flexibility index (Phi) is 5.94. The van der Waals surface area contributed by atoms with E-state index in [2.05, 4.69) is 4.98 Å².